The molecule has 0 saturated heterocycles. The van der Waals surface area contributed by atoms with E-state index in [-0.39, 0.29) is 12.4 Å². The maximum atomic E-state index is 5.78. The topological polar surface area (TPSA) is 26.0 Å². The van der Waals surface area contributed by atoms with Crippen LogP contribution in [0.5, 0.6) is 0 Å². The van der Waals surface area contributed by atoms with Gasteiger partial charge in [0.2, 0.25) is 0 Å². The normalized spacial score (nSPS) is 10.1. The molecule has 2 aromatic carbocycles. The highest BCUT2D eigenvalue weighted by molar-refractivity contribution is 5.85. The van der Waals surface area contributed by atoms with Crippen LogP contribution < -0.4 is 5.73 Å². The van der Waals surface area contributed by atoms with E-state index in [1.165, 1.54) is 33.4 Å². The maximum Gasteiger partial charge on any atom is 0.0183 e. The molecule has 0 aromatic heterocycles. The number of nitrogens with two attached hydrogens (primary N) is 1. The van der Waals surface area contributed by atoms with Gasteiger partial charge in [0.05, 0.1) is 0 Å². The van der Waals surface area contributed by atoms with Crippen molar-refractivity contribution in [1.82, 2.24) is 0 Å². The molecule has 0 bridgehead atoms. The second-order valence-electron chi connectivity index (χ2n) is 4.84. The van der Waals surface area contributed by atoms with E-state index >= 15 is 0 Å². The Labute approximate surface area is 122 Å². The van der Waals surface area contributed by atoms with Crippen LogP contribution in [0, 0.1) is 13.8 Å². The Hall–Kier alpha value is -1.31. The molecule has 0 aliphatic carbocycles. The molecule has 2 heteroatoms. The van der Waals surface area contributed by atoms with Crippen LogP contribution in [0.1, 0.15) is 29.2 Å². The van der Waals surface area contributed by atoms with Crippen LogP contribution in [0.2, 0.25) is 0 Å². The summed E-state index contributed by atoms with van der Waals surface area (Å²) in [6, 6.07) is 13.3. The van der Waals surface area contributed by atoms with Crippen molar-refractivity contribution in [2.75, 3.05) is 0 Å². The molecule has 2 N–H and O–H groups in total. The minimum atomic E-state index is 0. The van der Waals surface area contributed by atoms with Crippen molar-refractivity contribution in [2.24, 2.45) is 5.73 Å². The zero-order valence-electron chi connectivity index (χ0n) is 11.9. The van der Waals surface area contributed by atoms with Gasteiger partial charge >= 0.3 is 0 Å². The first-order chi connectivity index (χ1) is 8.65. The molecule has 0 aliphatic heterocycles. The molecule has 2 rings (SSSR count). The van der Waals surface area contributed by atoms with Crippen molar-refractivity contribution in [2.45, 2.75) is 33.7 Å². The largest absolute Gasteiger partial charge is 0.326 e. The summed E-state index contributed by atoms with van der Waals surface area (Å²) >= 11 is 0. The lowest BCUT2D eigenvalue weighted by Gasteiger charge is -2.11. The van der Waals surface area contributed by atoms with Gasteiger partial charge in [-0.25, -0.2) is 0 Å². The number of halogens is 1. The molecule has 0 aliphatic rings. The monoisotopic (exact) mass is 275 g/mol. The van der Waals surface area contributed by atoms with E-state index in [0.717, 1.165) is 6.42 Å². The number of aryl methyl sites for hydroxylation is 3. The average molecular weight is 276 g/mol. The minimum Gasteiger partial charge on any atom is -0.326 e. The molecule has 19 heavy (non-hydrogen) atoms. The van der Waals surface area contributed by atoms with Crippen LogP contribution in [0.4, 0.5) is 0 Å². The molecule has 2 aromatic rings. The standard InChI is InChI=1S/C17H21N.ClH/c1-4-14-5-7-15(8-6-14)16-9-12(2)17(11-18)13(3)10-16;/h5-10H,4,11,18H2,1-3H3;1H. The molecule has 0 amide bonds. The summed E-state index contributed by atoms with van der Waals surface area (Å²) in [5, 5.41) is 0. The molecular formula is C17H22ClN. The molecular weight excluding hydrogens is 254 g/mol. The quantitative estimate of drug-likeness (QED) is 0.882. The SMILES string of the molecule is CCc1ccc(-c2cc(C)c(CN)c(C)c2)cc1.Cl. The third kappa shape index (κ3) is 3.37. The fourth-order valence-corrected chi connectivity index (χ4v) is 2.41. The van der Waals surface area contributed by atoms with Gasteiger partial charge in [-0.15, -0.1) is 12.4 Å². The molecule has 0 radical (unpaired) electrons. The first kappa shape index (κ1) is 15.7. The fraction of sp³-hybridized carbons (Fsp3) is 0.294. The first-order valence-corrected chi connectivity index (χ1v) is 6.55. The lowest BCUT2D eigenvalue weighted by atomic mass is 9.95. The molecule has 0 saturated carbocycles. The van der Waals surface area contributed by atoms with E-state index in [2.05, 4.69) is 57.2 Å². The predicted octanol–water partition coefficient (Wildman–Crippen LogP) is 4.41. The summed E-state index contributed by atoms with van der Waals surface area (Å²) in [5.74, 6) is 0. The van der Waals surface area contributed by atoms with Crippen LogP contribution >= 0.6 is 12.4 Å². The van der Waals surface area contributed by atoms with Gasteiger partial charge in [0.15, 0.2) is 0 Å². The van der Waals surface area contributed by atoms with E-state index in [0.29, 0.717) is 6.54 Å². The molecule has 0 unspecified atom stereocenters. The van der Waals surface area contributed by atoms with Gasteiger partial charge in [0.1, 0.15) is 0 Å². The molecule has 0 fully saturated rings. The van der Waals surface area contributed by atoms with Crippen molar-refractivity contribution in [3.63, 3.8) is 0 Å². The second-order valence-corrected chi connectivity index (χ2v) is 4.84. The summed E-state index contributed by atoms with van der Waals surface area (Å²) in [6.07, 6.45) is 1.09. The number of benzene rings is 2. The first-order valence-electron chi connectivity index (χ1n) is 6.55. The highest BCUT2D eigenvalue weighted by Gasteiger charge is 2.05. The van der Waals surface area contributed by atoms with Gasteiger partial charge < -0.3 is 5.73 Å². The smallest absolute Gasteiger partial charge is 0.0183 e. The molecule has 102 valence electrons. The number of hydrogen-bond acceptors (Lipinski definition) is 1. The van der Waals surface area contributed by atoms with E-state index in [9.17, 15) is 0 Å². The molecule has 0 heterocycles. The lowest BCUT2D eigenvalue weighted by Crippen LogP contribution is -2.02. The highest BCUT2D eigenvalue weighted by atomic mass is 35.5. The highest BCUT2D eigenvalue weighted by Crippen LogP contribution is 2.25. The van der Waals surface area contributed by atoms with Gasteiger partial charge in [-0.05, 0) is 53.6 Å². The van der Waals surface area contributed by atoms with Crippen molar-refractivity contribution in [1.29, 1.82) is 0 Å². The Bertz CT molecular complexity index is 521. The van der Waals surface area contributed by atoms with Crippen molar-refractivity contribution < 1.29 is 0 Å². The predicted molar refractivity (Wildman–Crippen MR) is 85.9 cm³/mol. The average Bonchev–Trinajstić information content (AvgIpc) is 2.38. The van der Waals surface area contributed by atoms with Crippen LogP contribution in [0.3, 0.4) is 0 Å². The fourth-order valence-electron chi connectivity index (χ4n) is 2.41. The van der Waals surface area contributed by atoms with Gasteiger partial charge in [-0.3, -0.25) is 0 Å². The third-order valence-electron chi connectivity index (χ3n) is 3.60. The van der Waals surface area contributed by atoms with Gasteiger partial charge in [-0.2, -0.15) is 0 Å². The summed E-state index contributed by atoms with van der Waals surface area (Å²) in [6.45, 7) is 7.07. The number of rotatable bonds is 3. The van der Waals surface area contributed by atoms with E-state index in [1.807, 2.05) is 0 Å². The summed E-state index contributed by atoms with van der Waals surface area (Å²) in [7, 11) is 0. The Balaban J connectivity index is 0.00000180. The summed E-state index contributed by atoms with van der Waals surface area (Å²) < 4.78 is 0. The van der Waals surface area contributed by atoms with E-state index in [4.69, 9.17) is 5.73 Å². The maximum absolute atomic E-state index is 5.78. The van der Waals surface area contributed by atoms with E-state index < -0.39 is 0 Å². The zero-order chi connectivity index (χ0) is 13.1. The lowest BCUT2D eigenvalue weighted by molar-refractivity contribution is 1.03. The van der Waals surface area contributed by atoms with Gasteiger partial charge in [-0.1, -0.05) is 43.3 Å². The Morgan fingerprint density at radius 3 is 1.84 bits per heavy atom. The molecule has 0 spiro atoms. The minimum absolute atomic E-state index is 0. The van der Waals surface area contributed by atoms with Crippen molar-refractivity contribution in [3.05, 3.63) is 58.7 Å². The van der Waals surface area contributed by atoms with Crippen LogP contribution in [-0.2, 0) is 13.0 Å². The summed E-state index contributed by atoms with van der Waals surface area (Å²) in [5.41, 5.74) is 13.6. The van der Waals surface area contributed by atoms with Crippen LogP contribution in [0.15, 0.2) is 36.4 Å². The zero-order valence-corrected chi connectivity index (χ0v) is 12.7. The van der Waals surface area contributed by atoms with Crippen molar-refractivity contribution in [3.8, 4) is 11.1 Å². The Morgan fingerprint density at radius 1 is 0.895 bits per heavy atom. The van der Waals surface area contributed by atoms with Gasteiger partial charge in [0.25, 0.3) is 0 Å². The summed E-state index contributed by atoms with van der Waals surface area (Å²) in [4.78, 5) is 0. The second kappa shape index (κ2) is 6.74. The van der Waals surface area contributed by atoms with E-state index in [1.54, 1.807) is 0 Å². The van der Waals surface area contributed by atoms with Crippen LogP contribution in [-0.4, -0.2) is 0 Å². The number of hydrogen-bond donors (Lipinski definition) is 1. The molecule has 1 nitrogen and oxygen atoms in total. The third-order valence-corrected chi connectivity index (χ3v) is 3.60. The van der Waals surface area contributed by atoms with Crippen LogP contribution in [0.25, 0.3) is 11.1 Å². The van der Waals surface area contributed by atoms with Gasteiger partial charge in [0, 0.05) is 6.54 Å². The Kier molecular flexibility index (Phi) is 5.59. The Morgan fingerprint density at radius 2 is 1.42 bits per heavy atom. The van der Waals surface area contributed by atoms with Crippen molar-refractivity contribution >= 4 is 12.4 Å². The molecule has 0 atom stereocenters.